The van der Waals surface area contributed by atoms with Gasteiger partial charge in [0.2, 0.25) is 4.80 Å². The quantitative estimate of drug-likeness (QED) is 0.639. The van der Waals surface area contributed by atoms with Gasteiger partial charge in [-0.15, -0.1) is 11.3 Å². The van der Waals surface area contributed by atoms with E-state index in [1.54, 1.807) is 23.9 Å². The first-order chi connectivity index (χ1) is 8.63. The summed E-state index contributed by atoms with van der Waals surface area (Å²) in [6, 6.07) is 4.73. The first-order valence-corrected chi connectivity index (χ1v) is 6.16. The normalized spacial score (nSPS) is 12.4. The lowest BCUT2D eigenvalue weighted by Gasteiger charge is -2.01. The van der Waals surface area contributed by atoms with Gasteiger partial charge in [-0.2, -0.15) is 5.10 Å². The lowest BCUT2D eigenvalue weighted by Crippen LogP contribution is -2.11. The fourth-order valence-corrected chi connectivity index (χ4v) is 2.22. The van der Waals surface area contributed by atoms with E-state index in [4.69, 9.17) is 0 Å². The standard InChI is InChI=1S/C12H13N3O2S/c1-8-7-18-12(13-2)15(8)14-6-9-4-3-5-10(16)11(9)17/h3-7,16-17H,1-2H3. The summed E-state index contributed by atoms with van der Waals surface area (Å²) in [5.41, 5.74) is 1.41. The summed E-state index contributed by atoms with van der Waals surface area (Å²) in [6.45, 7) is 1.92. The minimum atomic E-state index is -0.176. The van der Waals surface area contributed by atoms with Gasteiger partial charge in [0.1, 0.15) is 0 Å². The van der Waals surface area contributed by atoms with E-state index in [0.29, 0.717) is 5.56 Å². The topological polar surface area (TPSA) is 70.1 Å². The second-order valence-corrected chi connectivity index (χ2v) is 4.49. The van der Waals surface area contributed by atoms with Crippen LogP contribution in [-0.2, 0) is 0 Å². The molecule has 0 saturated carbocycles. The molecule has 2 N–H and O–H groups in total. The maximum Gasteiger partial charge on any atom is 0.205 e. The highest BCUT2D eigenvalue weighted by Gasteiger charge is 2.03. The minimum absolute atomic E-state index is 0.161. The van der Waals surface area contributed by atoms with Gasteiger partial charge >= 0.3 is 0 Å². The largest absolute Gasteiger partial charge is 0.504 e. The fourth-order valence-electron chi connectivity index (χ4n) is 1.45. The number of nitrogens with zero attached hydrogens (tertiary/aromatic N) is 3. The van der Waals surface area contributed by atoms with Crippen molar-refractivity contribution in [2.75, 3.05) is 7.05 Å². The van der Waals surface area contributed by atoms with Crippen LogP contribution >= 0.6 is 11.3 Å². The Morgan fingerprint density at radius 1 is 1.33 bits per heavy atom. The van der Waals surface area contributed by atoms with Crippen LogP contribution in [0.3, 0.4) is 0 Å². The van der Waals surface area contributed by atoms with Gasteiger partial charge in [-0.25, -0.2) is 4.68 Å². The molecule has 0 aliphatic rings. The third kappa shape index (κ3) is 2.28. The molecule has 5 nitrogen and oxygen atoms in total. The zero-order chi connectivity index (χ0) is 13.1. The van der Waals surface area contributed by atoms with E-state index < -0.39 is 0 Å². The van der Waals surface area contributed by atoms with Crippen LogP contribution in [0, 0.1) is 6.92 Å². The molecule has 6 heteroatoms. The molecule has 0 atom stereocenters. The Balaban J connectivity index is 2.42. The monoisotopic (exact) mass is 263 g/mol. The summed E-state index contributed by atoms with van der Waals surface area (Å²) in [5, 5.41) is 25.2. The van der Waals surface area contributed by atoms with Crippen LogP contribution in [0.5, 0.6) is 11.5 Å². The molecule has 0 amide bonds. The van der Waals surface area contributed by atoms with Gasteiger partial charge in [-0.1, -0.05) is 6.07 Å². The maximum absolute atomic E-state index is 9.65. The van der Waals surface area contributed by atoms with Crippen molar-refractivity contribution >= 4 is 17.6 Å². The molecule has 0 bridgehead atoms. The van der Waals surface area contributed by atoms with Crippen LogP contribution in [0.2, 0.25) is 0 Å². The van der Waals surface area contributed by atoms with E-state index >= 15 is 0 Å². The van der Waals surface area contributed by atoms with E-state index in [9.17, 15) is 10.2 Å². The van der Waals surface area contributed by atoms with E-state index in [-0.39, 0.29) is 11.5 Å². The van der Waals surface area contributed by atoms with Gasteiger partial charge in [0.15, 0.2) is 11.5 Å². The number of thiazole rings is 1. The highest BCUT2D eigenvalue weighted by atomic mass is 32.1. The predicted molar refractivity (Wildman–Crippen MR) is 71.3 cm³/mol. The van der Waals surface area contributed by atoms with Crippen LogP contribution in [0.1, 0.15) is 11.3 Å². The van der Waals surface area contributed by atoms with Crippen LogP contribution < -0.4 is 4.80 Å². The molecule has 1 aromatic heterocycles. The van der Waals surface area contributed by atoms with Gasteiger partial charge in [0.25, 0.3) is 0 Å². The number of aryl methyl sites for hydroxylation is 1. The third-order valence-electron chi connectivity index (χ3n) is 2.40. The molecule has 0 spiro atoms. The Morgan fingerprint density at radius 3 is 2.83 bits per heavy atom. The van der Waals surface area contributed by atoms with Gasteiger partial charge in [-0.3, -0.25) is 4.99 Å². The van der Waals surface area contributed by atoms with Crippen molar-refractivity contribution in [3.05, 3.63) is 39.6 Å². The van der Waals surface area contributed by atoms with E-state index in [0.717, 1.165) is 10.5 Å². The highest BCUT2D eigenvalue weighted by molar-refractivity contribution is 7.07. The predicted octanol–water partition coefficient (Wildman–Crippen LogP) is 1.68. The summed E-state index contributed by atoms with van der Waals surface area (Å²) in [4.78, 5) is 4.87. The smallest absolute Gasteiger partial charge is 0.205 e. The highest BCUT2D eigenvalue weighted by Crippen LogP contribution is 2.26. The average Bonchev–Trinajstić information content (AvgIpc) is 2.72. The number of para-hydroxylation sites is 1. The van der Waals surface area contributed by atoms with E-state index in [1.807, 2.05) is 12.3 Å². The molecular weight excluding hydrogens is 250 g/mol. The van der Waals surface area contributed by atoms with Crippen LogP contribution in [0.4, 0.5) is 0 Å². The van der Waals surface area contributed by atoms with Crippen molar-refractivity contribution in [1.29, 1.82) is 0 Å². The number of hydrogen-bond donors (Lipinski definition) is 2. The van der Waals surface area contributed by atoms with Crippen molar-refractivity contribution in [1.82, 2.24) is 4.68 Å². The Hall–Kier alpha value is -2.08. The van der Waals surface area contributed by atoms with Gasteiger partial charge in [0.05, 0.1) is 11.9 Å². The Bertz CT molecular complexity index is 656. The van der Waals surface area contributed by atoms with Crippen LogP contribution in [0.25, 0.3) is 0 Å². The third-order valence-corrected chi connectivity index (χ3v) is 3.42. The number of phenols is 2. The molecule has 18 heavy (non-hydrogen) atoms. The van der Waals surface area contributed by atoms with Gasteiger partial charge in [-0.05, 0) is 19.1 Å². The molecule has 2 rings (SSSR count). The maximum atomic E-state index is 9.65. The number of phenolic OH excluding ortho intramolecular Hbond substituents is 2. The number of aromatic hydroxyl groups is 2. The van der Waals surface area contributed by atoms with Crippen molar-refractivity contribution in [3.63, 3.8) is 0 Å². The summed E-state index contributed by atoms with van der Waals surface area (Å²) in [5.74, 6) is -0.337. The first kappa shape index (κ1) is 12.4. The molecule has 1 heterocycles. The molecule has 0 aliphatic carbocycles. The molecule has 0 saturated heterocycles. The Kier molecular flexibility index (Phi) is 3.47. The molecule has 94 valence electrons. The molecule has 0 aliphatic heterocycles. The molecule has 1 aromatic carbocycles. The van der Waals surface area contributed by atoms with Gasteiger partial charge in [0, 0.05) is 18.0 Å². The van der Waals surface area contributed by atoms with E-state index in [1.165, 1.54) is 23.6 Å². The Morgan fingerprint density at radius 2 is 2.11 bits per heavy atom. The van der Waals surface area contributed by atoms with Crippen molar-refractivity contribution in [3.8, 4) is 11.5 Å². The zero-order valence-electron chi connectivity index (χ0n) is 10.0. The zero-order valence-corrected chi connectivity index (χ0v) is 10.8. The van der Waals surface area contributed by atoms with E-state index in [2.05, 4.69) is 10.1 Å². The second-order valence-electron chi connectivity index (χ2n) is 3.65. The SMILES string of the molecule is CN=c1scc(C)n1N=Cc1cccc(O)c1O. The number of benzene rings is 1. The second kappa shape index (κ2) is 5.05. The first-order valence-electron chi connectivity index (χ1n) is 5.28. The van der Waals surface area contributed by atoms with Gasteiger partial charge < -0.3 is 10.2 Å². The lowest BCUT2D eigenvalue weighted by atomic mass is 10.2. The molecule has 2 aromatic rings. The van der Waals surface area contributed by atoms with Crippen molar-refractivity contribution < 1.29 is 10.2 Å². The number of hydrogen-bond acceptors (Lipinski definition) is 5. The lowest BCUT2D eigenvalue weighted by molar-refractivity contribution is 0.403. The molecule has 0 unspecified atom stereocenters. The summed E-state index contributed by atoms with van der Waals surface area (Å²) in [6.07, 6.45) is 1.49. The summed E-state index contributed by atoms with van der Waals surface area (Å²) in [7, 11) is 1.70. The van der Waals surface area contributed by atoms with Crippen LogP contribution in [0.15, 0.2) is 33.7 Å². The molecule has 0 radical (unpaired) electrons. The number of rotatable bonds is 2. The minimum Gasteiger partial charge on any atom is -0.504 e. The molecule has 0 fully saturated rings. The van der Waals surface area contributed by atoms with Crippen molar-refractivity contribution in [2.24, 2.45) is 10.1 Å². The summed E-state index contributed by atoms with van der Waals surface area (Å²) < 4.78 is 1.67. The Labute approximate surface area is 108 Å². The molecular formula is C12H13N3O2S. The van der Waals surface area contributed by atoms with Crippen LogP contribution in [-0.4, -0.2) is 28.2 Å². The average molecular weight is 263 g/mol. The van der Waals surface area contributed by atoms with Crippen molar-refractivity contribution in [2.45, 2.75) is 6.92 Å². The summed E-state index contributed by atoms with van der Waals surface area (Å²) >= 11 is 1.49. The number of aromatic nitrogens is 1. The fraction of sp³-hybridized carbons (Fsp3) is 0.167.